The normalized spacial score (nSPS) is 12.2. The van der Waals surface area contributed by atoms with Gasteiger partial charge in [0.05, 0.1) is 5.69 Å². The van der Waals surface area contributed by atoms with E-state index in [0.717, 1.165) is 12.1 Å². The lowest BCUT2D eigenvalue weighted by molar-refractivity contribution is 0.627. The maximum atomic E-state index is 13.7. The fraction of sp³-hybridized carbons (Fsp3) is 0.250. The quantitative estimate of drug-likeness (QED) is 0.909. The molecule has 2 rings (SSSR count). The monoisotopic (exact) mass is 258 g/mol. The number of hydrogen-bond donors (Lipinski definition) is 1. The highest BCUT2D eigenvalue weighted by atomic mass is 19.1. The van der Waals surface area contributed by atoms with Gasteiger partial charge in [-0.1, -0.05) is 24.3 Å². The molecule has 19 heavy (non-hydrogen) atoms. The van der Waals surface area contributed by atoms with E-state index in [-0.39, 0.29) is 11.9 Å². The molecule has 2 N–H and O–H groups in total. The van der Waals surface area contributed by atoms with Crippen LogP contribution in [0.5, 0.6) is 0 Å². The minimum absolute atomic E-state index is 0.148. The van der Waals surface area contributed by atoms with Crippen LogP contribution in [0.25, 0.3) is 0 Å². The number of nitrogens with two attached hydrogens (primary N) is 1. The average molecular weight is 258 g/mol. The second-order valence-electron chi connectivity index (χ2n) is 4.86. The lowest BCUT2D eigenvalue weighted by Gasteiger charge is -2.20. The van der Waals surface area contributed by atoms with Crippen LogP contribution < -0.4 is 10.6 Å². The first-order chi connectivity index (χ1) is 9.08. The molecule has 0 saturated heterocycles. The number of para-hydroxylation sites is 1. The molecule has 0 aliphatic rings. The molecule has 0 fully saturated rings. The van der Waals surface area contributed by atoms with E-state index in [1.165, 1.54) is 11.6 Å². The second-order valence-corrected chi connectivity index (χ2v) is 4.86. The second kappa shape index (κ2) is 5.85. The molecule has 2 aromatic carbocycles. The maximum absolute atomic E-state index is 13.7. The van der Waals surface area contributed by atoms with Crippen LogP contribution in [0.2, 0.25) is 0 Å². The lowest BCUT2D eigenvalue weighted by atomic mass is 10.1. The molecule has 1 atom stereocenters. The van der Waals surface area contributed by atoms with Gasteiger partial charge in [0.25, 0.3) is 0 Å². The van der Waals surface area contributed by atoms with Crippen molar-refractivity contribution in [1.29, 1.82) is 0 Å². The Kier molecular flexibility index (Phi) is 4.17. The van der Waals surface area contributed by atoms with Crippen LogP contribution in [0.3, 0.4) is 0 Å². The molecule has 0 aliphatic carbocycles. The molecule has 0 aliphatic heterocycles. The Morgan fingerprint density at radius 1 is 1.11 bits per heavy atom. The number of halogens is 1. The van der Waals surface area contributed by atoms with E-state index >= 15 is 0 Å². The van der Waals surface area contributed by atoms with Crippen LogP contribution in [0.4, 0.5) is 15.8 Å². The summed E-state index contributed by atoms with van der Waals surface area (Å²) in [5, 5.41) is 0. The summed E-state index contributed by atoms with van der Waals surface area (Å²) in [6, 6.07) is 15.0. The summed E-state index contributed by atoms with van der Waals surface area (Å²) in [4.78, 5) is 1.84. The summed E-state index contributed by atoms with van der Waals surface area (Å²) in [5.41, 5.74) is 8.50. The van der Waals surface area contributed by atoms with Gasteiger partial charge in [-0.15, -0.1) is 0 Å². The predicted molar refractivity (Wildman–Crippen MR) is 78.3 cm³/mol. The van der Waals surface area contributed by atoms with Crippen molar-refractivity contribution < 1.29 is 4.39 Å². The first-order valence-corrected chi connectivity index (χ1v) is 6.40. The molecule has 1 unspecified atom stereocenters. The Balaban J connectivity index is 2.20. The van der Waals surface area contributed by atoms with E-state index in [1.54, 1.807) is 12.1 Å². The van der Waals surface area contributed by atoms with Crippen molar-refractivity contribution >= 4 is 11.4 Å². The van der Waals surface area contributed by atoms with Crippen LogP contribution in [0.1, 0.15) is 12.5 Å². The van der Waals surface area contributed by atoms with Crippen molar-refractivity contribution in [3.63, 3.8) is 0 Å². The fourth-order valence-electron chi connectivity index (χ4n) is 2.09. The van der Waals surface area contributed by atoms with Crippen molar-refractivity contribution in [2.24, 2.45) is 5.73 Å². The number of hydrogen-bond acceptors (Lipinski definition) is 2. The third-order valence-corrected chi connectivity index (χ3v) is 3.10. The topological polar surface area (TPSA) is 29.3 Å². The average Bonchev–Trinajstić information content (AvgIpc) is 2.39. The van der Waals surface area contributed by atoms with Crippen LogP contribution in [-0.2, 0) is 6.42 Å². The molecule has 0 radical (unpaired) electrons. The molecule has 3 heteroatoms. The van der Waals surface area contributed by atoms with Gasteiger partial charge in [0, 0.05) is 18.8 Å². The van der Waals surface area contributed by atoms with Crippen LogP contribution in [0.15, 0.2) is 48.5 Å². The van der Waals surface area contributed by atoms with E-state index in [9.17, 15) is 4.39 Å². The van der Waals surface area contributed by atoms with Crippen molar-refractivity contribution in [2.45, 2.75) is 19.4 Å². The van der Waals surface area contributed by atoms with Gasteiger partial charge in [0.1, 0.15) is 5.82 Å². The maximum Gasteiger partial charge on any atom is 0.146 e. The van der Waals surface area contributed by atoms with Gasteiger partial charge < -0.3 is 10.6 Å². The molecule has 0 bridgehead atoms. The Labute approximate surface area is 113 Å². The van der Waals surface area contributed by atoms with Gasteiger partial charge in [-0.05, 0) is 43.2 Å². The number of benzene rings is 2. The van der Waals surface area contributed by atoms with Gasteiger partial charge in [-0.3, -0.25) is 0 Å². The summed E-state index contributed by atoms with van der Waals surface area (Å²) in [6.45, 7) is 1.99. The van der Waals surface area contributed by atoms with Crippen LogP contribution >= 0.6 is 0 Å². The minimum Gasteiger partial charge on any atom is -0.342 e. The number of rotatable bonds is 4. The highest BCUT2D eigenvalue weighted by molar-refractivity contribution is 5.63. The molecule has 0 heterocycles. The van der Waals surface area contributed by atoms with Crippen LogP contribution in [-0.4, -0.2) is 13.1 Å². The minimum atomic E-state index is -0.218. The summed E-state index contributed by atoms with van der Waals surface area (Å²) >= 11 is 0. The zero-order valence-electron chi connectivity index (χ0n) is 11.3. The summed E-state index contributed by atoms with van der Waals surface area (Å²) in [5.74, 6) is -0.218. The van der Waals surface area contributed by atoms with E-state index < -0.39 is 0 Å². The number of anilines is 2. The first kappa shape index (κ1) is 13.6. The first-order valence-electron chi connectivity index (χ1n) is 6.40. The standard InChI is InChI=1S/C16H19FN2/c1-12(18)11-13-7-9-14(10-8-13)19(2)16-6-4-3-5-15(16)17/h3-10,12H,11,18H2,1-2H3. The molecule has 0 amide bonds. The van der Waals surface area contributed by atoms with Gasteiger partial charge in [0.2, 0.25) is 0 Å². The Bertz CT molecular complexity index is 535. The molecule has 0 aromatic heterocycles. The molecule has 0 spiro atoms. The van der Waals surface area contributed by atoms with Gasteiger partial charge >= 0.3 is 0 Å². The SMILES string of the molecule is CC(N)Cc1ccc(N(C)c2ccccc2F)cc1. The molecule has 2 aromatic rings. The third kappa shape index (κ3) is 3.32. The van der Waals surface area contributed by atoms with Gasteiger partial charge in [-0.2, -0.15) is 0 Å². The fourth-order valence-corrected chi connectivity index (χ4v) is 2.09. The smallest absolute Gasteiger partial charge is 0.146 e. The van der Waals surface area contributed by atoms with Crippen molar-refractivity contribution in [2.75, 3.05) is 11.9 Å². The van der Waals surface area contributed by atoms with Crippen molar-refractivity contribution in [3.05, 3.63) is 59.9 Å². The van der Waals surface area contributed by atoms with Gasteiger partial charge in [0.15, 0.2) is 0 Å². The van der Waals surface area contributed by atoms with E-state index in [0.29, 0.717) is 5.69 Å². The third-order valence-electron chi connectivity index (χ3n) is 3.10. The zero-order valence-corrected chi connectivity index (χ0v) is 11.3. The predicted octanol–water partition coefficient (Wildman–Crippen LogP) is 3.48. The Morgan fingerprint density at radius 2 is 1.74 bits per heavy atom. The van der Waals surface area contributed by atoms with E-state index in [1.807, 2.05) is 49.2 Å². The molecule has 0 saturated carbocycles. The van der Waals surface area contributed by atoms with Crippen molar-refractivity contribution in [1.82, 2.24) is 0 Å². The highest BCUT2D eigenvalue weighted by Crippen LogP contribution is 2.26. The van der Waals surface area contributed by atoms with Crippen molar-refractivity contribution in [3.8, 4) is 0 Å². The summed E-state index contributed by atoms with van der Waals surface area (Å²) < 4.78 is 13.7. The highest BCUT2D eigenvalue weighted by Gasteiger charge is 2.08. The molecular weight excluding hydrogens is 239 g/mol. The van der Waals surface area contributed by atoms with E-state index in [4.69, 9.17) is 5.73 Å². The lowest BCUT2D eigenvalue weighted by Crippen LogP contribution is -2.17. The number of nitrogens with zero attached hydrogens (tertiary/aromatic N) is 1. The molecular formula is C16H19FN2. The molecule has 100 valence electrons. The summed E-state index contributed by atoms with van der Waals surface area (Å²) in [6.07, 6.45) is 0.851. The summed E-state index contributed by atoms with van der Waals surface area (Å²) in [7, 11) is 1.86. The largest absolute Gasteiger partial charge is 0.342 e. The van der Waals surface area contributed by atoms with Crippen LogP contribution in [0, 0.1) is 5.82 Å². The Hall–Kier alpha value is -1.87. The zero-order chi connectivity index (χ0) is 13.8. The molecule has 2 nitrogen and oxygen atoms in total. The van der Waals surface area contributed by atoms with E-state index in [2.05, 4.69) is 0 Å². The van der Waals surface area contributed by atoms with Gasteiger partial charge in [-0.25, -0.2) is 4.39 Å². The Morgan fingerprint density at radius 3 is 2.32 bits per heavy atom.